The minimum atomic E-state index is -0.612. The number of nitrogens with two attached hydrogens (primary N) is 1. The fraction of sp³-hybridized carbons (Fsp3) is 0.231. The van der Waals surface area contributed by atoms with Crippen LogP contribution in [0.3, 0.4) is 0 Å². The molecule has 5 heteroatoms. The molecule has 18 heavy (non-hydrogen) atoms. The van der Waals surface area contributed by atoms with Gasteiger partial charge in [-0.25, -0.2) is 0 Å². The summed E-state index contributed by atoms with van der Waals surface area (Å²) in [5.74, 6) is 0.0138. The van der Waals surface area contributed by atoms with E-state index in [0.29, 0.717) is 23.4 Å². The number of pyridine rings is 1. The summed E-state index contributed by atoms with van der Waals surface area (Å²) in [6.07, 6.45) is 0.631. The first-order chi connectivity index (χ1) is 8.52. The molecule has 1 amide bonds. The van der Waals surface area contributed by atoms with E-state index in [4.69, 9.17) is 10.2 Å². The molecule has 2 heterocycles. The average molecular weight is 246 g/mol. The van der Waals surface area contributed by atoms with Crippen LogP contribution in [0.5, 0.6) is 0 Å². The number of aromatic nitrogens is 1. The average Bonchev–Trinajstić information content (AvgIpc) is 2.78. The second-order valence-electron chi connectivity index (χ2n) is 4.04. The third-order valence-corrected chi connectivity index (χ3v) is 2.81. The molecule has 0 saturated heterocycles. The Morgan fingerprint density at radius 2 is 2.17 bits per heavy atom. The summed E-state index contributed by atoms with van der Waals surface area (Å²) in [6.45, 7) is 3.68. The van der Waals surface area contributed by atoms with Crippen LogP contribution in [0.4, 0.5) is 0 Å². The maximum absolute atomic E-state index is 11.6. The molecule has 94 valence electrons. The number of aryl methyl sites for hydroxylation is 2. The number of hydrogen-bond donors (Lipinski definition) is 2. The van der Waals surface area contributed by atoms with Crippen LogP contribution >= 0.6 is 0 Å². The van der Waals surface area contributed by atoms with Crippen molar-refractivity contribution in [2.24, 2.45) is 5.73 Å². The quantitative estimate of drug-likeness (QED) is 0.862. The SMILES string of the molecule is CCc1cc(-c2ccc(C(N)=O)o2)c(C)[nH]c1=O. The predicted octanol–water partition coefficient (Wildman–Crippen LogP) is 1.60. The van der Waals surface area contributed by atoms with Crippen molar-refractivity contribution in [2.75, 3.05) is 0 Å². The van der Waals surface area contributed by atoms with E-state index >= 15 is 0 Å². The Hall–Kier alpha value is -2.30. The van der Waals surface area contributed by atoms with E-state index in [1.54, 1.807) is 19.1 Å². The van der Waals surface area contributed by atoms with E-state index in [2.05, 4.69) is 4.98 Å². The predicted molar refractivity (Wildman–Crippen MR) is 67.4 cm³/mol. The largest absolute Gasteiger partial charge is 0.451 e. The van der Waals surface area contributed by atoms with Gasteiger partial charge in [-0.2, -0.15) is 0 Å². The van der Waals surface area contributed by atoms with Crippen LogP contribution < -0.4 is 11.3 Å². The highest BCUT2D eigenvalue weighted by Crippen LogP contribution is 2.24. The third kappa shape index (κ3) is 2.07. The van der Waals surface area contributed by atoms with Gasteiger partial charge in [0.15, 0.2) is 5.76 Å². The molecule has 2 aromatic heterocycles. The zero-order valence-electron chi connectivity index (χ0n) is 10.2. The molecule has 2 aromatic rings. The molecule has 2 rings (SSSR count). The molecule has 0 bridgehead atoms. The van der Waals surface area contributed by atoms with E-state index < -0.39 is 5.91 Å². The smallest absolute Gasteiger partial charge is 0.284 e. The molecule has 0 saturated carbocycles. The van der Waals surface area contributed by atoms with Crippen molar-refractivity contribution in [2.45, 2.75) is 20.3 Å². The summed E-state index contributed by atoms with van der Waals surface area (Å²) in [6, 6.07) is 4.96. The van der Waals surface area contributed by atoms with Gasteiger partial charge in [0.1, 0.15) is 5.76 Å². The highest BCUT2D eigenvalue weighted by atomic mass is 16.3. The summed E-state index contributed by atoms with van der Waals surface area (Å²) in [5.41, 5.74) is 7.17. The number of carbonyl (C=O) groups excluding carboxylic acids is 1. The van der Waals surface area contributed by atoms with Crippen LogP contribution in [0, 0.1) is 6.92 Å². The van der Waals surface area contributed by atoms with Gasteiger partial charge in [-0.3, -0.25) is 9.59 Å². The Morgan fingerprint density at radius 1 is 1.44 bits per heavy atom. The first-order valence-corrected chi connectivity index (χ1v) is 5.65. The molecule has 0 spiro atoms. The monoisotopic (exact) mass is 246 g/mol. The fourth-order valence-electron chi connectivity index (χ4n) is 1.80. The van der Waals surface area contributed by atoms with Gasteiger partial charge in [-0.1, -0.05) is 6.92 Å². The lowest BCUT2D eigenvalue weighted by Crippen LogP contribution is -2.13. The standard InChI is InChI=1S/C13H14N2O3/c1-3-8-6-9(7(2)15-13(8)17)10-4-5-11(18-10)12(14)16/h4-6H,3H2,1-2H3,(H2,14,16)(H,15,17). The molecule has 0 radical (unpaired) electrons. The van der Waals surface area contributed by atoms with Crippen molar-refractivity contribution in [3.63, 3.8) is 0 Å². The Labute approximate surface area is 104 Å². The third-order valence-electron chi connectivity index (χ3n) is 2.81. The highest BCUT2D eigenvalue weighted by molar-refractivity contribution is 5.90. The van der Waals surface area contributed by atoms with Crippen molar-refractivity contribution in [1.29, 1.82) is 0 Å². The topological polar surface area (TPSA) is 89.1 Å². The Kier molecular flexibility index (Phi) is 3.06. The minimum absolute atomic E-state index is 0.0968. The first kappa shape index (κ1) is 12.2. The molecular formula is C13H14N2O3. The summed E-state index contributed by atoms with van der Waals surface area (Å²) < 4.78 is 5.35. The second kappa shape index (κ2) is 4.52. The molecule has 3 N–H and O–H groups in total. The number of carbonyl (C=O) groups is 1. The second-order valence-corrected chi connectivity index (χ2v) is 4.04. The summed E-state index contributed by atoms with van der Waals surface area (Å²) in [7, 11) is 0. The van der Waals surface area contributed by atoms with Gasteiger partial charge < -0.3 is 15.1 Å². The van der Waals surface area contributed by atoms with Gasteiger partial charge in [-0.05, 0) is 31.5 Å². The van der Waals surface area contributed by atoms with Crippen molar-refractivity contribution in [1.82, 2.24) is 4.98 Å². The molecule has 0 aliphatic rings. The van der Waals surface area contributed by atoms with Crippen LogP contribution in [0.25, 0.3) is 11.3 Å². The van der Waals surface area contributed by atoms with Crippen molar-refractivity contribution >= 4 is 5.91 Å². The van der Waals surface area contributed by atoms with Crippen LogP contribution in [0.15, 0.2) is 27.4 Å². The summed E-state index contributed by atoms with van der Waals surface area (Å²) in [5, 5.41) is 0. The lowest BCUT2D eigenvalue weighted by molar-refractivity contribution is 0.0974. The molecule has 0 aromatic carbocycles. The zero-order valence-corrected chi connectivity index (χ0v) is 10.2. The summed E-state index contributed by atoms with van der Waals surface area (Å²) >= 11 is 0. The molecular weight excluding hydrogens is 232 g/mol. The van der Waals surface area contributed by atoms with Gasteiger partial charge in [-0.15, -0.1) is 0 Å². The number of furan rings is 1. The van der Waals surface area contributed by atoms with E-state index in [0.717, 1.165) is 5.56 Å². The fourth-order valence-corrected chi connectivity index (χ4v) is 1.80. The highest BCUT2D eigenvalue weighted by Gasteiger charge is 2.12. The maximum Gasteiger partial charge on any atom is 0.284 e. The number of aromatic amines is 1. The van der Waals surface area contributed by atoms with Crippen molar-refractivity contribution in [3.05, 3.63) is 45.6 Å². The van der Waals surface area contributed by atoms with Gasteiger partial charge in [0.05, 0.1) is 0 Å². The van der Waals surface area contributed by atoms with E-state index in [1.165, 1.54) is 6.07 Å². The molecule has 0 atom stereocenters. The Bertz CT molecular complexity index is 652. The number of hydrogen-bond acceptors (Lipinski definition) is 3. The molecule has 0 aliphatic carbocycles. The minimum Gasteiger partial charge on any atom is -0.451 e. The van der Waals surface area contributed by atoms with Gasteiger partial charge in [0, 0.05) is 16.8 Å². The molecule has 0 fully saturated rings. The van der Waals surface area contributed by atoms with E-state index in [-0.39, 0.29) is 11.3 Å². The number of nitrogens with one attached hydrogen (secondary N) is 1. The van der Waals surface area contributed by atoms with Crippen LogP contribution in [-0.2, 0) is 6.42 Å². The van der Waals surface area contributed by atoms with Crippen LogP contribution in [-0.4, -0.2) is 10.9 Å². The van der Waals surface area contributed by atoms with Crippen LogP contribution in [0.1, 0.15) is 28.7 Å². The van der Waals surface area contributed by atoms with Gasteiger partial charge >= 0.3 is 0 Å². The maximum atomic E-state index is 11.6. The lowest BCUT2D eigenvalue weighted by atomic mass is 10.1. The zero-order chi connectivity index (χ0) is 13.3. The number of primary amides is 1. The lowest BCUT2D eigenvalue weighted by Gasteiger charge is -2.04. The van der Waals surface area contributed by atoms with Crippen molar-refractivity contribution in [3.8, 4) is 11.3 Å². The van der Waals surface area contributed by atoms with E-state index in [1.807, 2.05) is 6.92 Å². The van der Waals surface area contributed by atoms with Gasteiger partial charge in [0.25, 0.3) is 11.5 Å². The molecule has 5 nitrogen and oxygen atoms in total. The Balaban J connectivity index is 2.55. The first-order valence-electron chi connectivity index (χ1n) is 5.65. The molecule has 0 unspecified atom stereocenters. The number of rotatable bonds is 3. The van der Waals surface area contributed by atoms with Gasteiger partial charge in [0.2, 0.25) is 0 Å². The Morgan fingerprint density at radius 3 is 2.72 bits per heavy atom. The molecule has 0 aliphatic heterocycles. The van der Waals surface area contributed by atoms with Crippen LogP contribution in [0.2, 0.25) is 0 Å². The number of amides is 1. The van der Waals surface area contributed by atoms with Crippen molar-refractivity contribution < 1.29 is 9.21 Å². The summed E-state index contributed by atoms with van der Waals surface area (Å²) in [4.78, 5) is 25.3. The normalized spacial score (nSPS) is 10.6. The number of H-pyrrole nitrogens is 1. The van der Waals surface area contributed by atoms with E-state index in [9.17, 15) is 9.59 Å².